The van der Waals surface area contributed by atoms with Gasteiger partial charge < -0.3 is 15.2 Å². The van der Waals surface area contributed by atoms with Crippen molar-refractivity contribution in [3.63, 3.8) is 0 Å². The molecule has 1 atom stereocenters. The van der Waals surface area contributed by atoms with Crippen molar-refractivity contribution >= 4 is 17.5 Å². The van der Waals surface area contributed by atoms with Gasteiger partial charge in [0.15, 0.2) is 0 Å². The van der Waals surface area contributed by atoms with Crippen LogP contribution in [-0.4, -0.2) is 30.3 Å². The maximum absolute atomic E-state index is 13.3. The quantitative estimate of drug-likeness (QED) is 0.849. The Balaban J connectivity index is 1.81. The third-order valence-corrected chi connectivity index (χ3v) is 3.33. The Hall–Kier alpha value is -2.18. The van der Waals surface area contributed by atoms with Gasteiger partial charge in [-0.05, 0) is 36.4 Å². The Kier molecular flexibility index (Phi) is 5.90. The number of benzene rings is 2. The summed E-state index contributed by atoms with van der Waals surface area (Å²) in [6, 6.07) is 9.20. The summed E-state index contributed by atoms with van der Waals surface area (Å²) in [6.45, 7) is -0.199. The van der Waals surface area contributed by atoms with Crippen LogP contribution in [-0.2, 0) is 0 Å². The molecule has 7 heteroatoms. The molecule has 1 amide bonds. The van der Waals surface area contributed by atoms with E-state index in [1.807, 2.05) is 0 Å². The number of nitrogens with one attached hydrogen (secondary N) is 1. The molecule has 0 spiro atoms. The van der Waals surface area contributed by atoms with E-state index >= 15 is 0 Å². The van der Waals surface area contributed by atoms with Crippen LogP contribution in [0.4, 0.5) is 8.78 Å². The summed E-state index contributed by atoms with van der Waals surface area (Å²) in [5.41, 5.74) is -0.0154. The van der Waals surface area contributed by atoms with Gasteiger partial charge in [-0.2, -0.15) is 0 Å². The molecule has 0 saturated carbocycles. The molecule has 1 unspecified atom stereocenters. The number of carbonyl (C=O) groups is 1. The van der Waals surface area contributed by atoms with Gasteiger partial charge >= 0.3 is 0 Å². The van der Waals surface area contributed by atoms with E-state index in [4.69, 9.17) is 16.3 Å². The molecule has 2 aromatic carbocycles. The van der Waals surface area contributed by atoms with E-state index in [9.17, 15) is 18.7 Å². The summed E-state index contributed by atoms with van der Waals surface area (Å²) < 4.78 is 31.2. The summed E-state index contributed by atoms with van der Waals surface area (Å²) >= 11 is 5.70. The van der Waals surface area contributed by atoms with E-state index < -0.39 is 23.6 Å². The van der Waals surface area contributed by atoms with Crippen LogP contribution in [0.3, 0.4) is 0 Å². The van der Waals surface area contributed by atoms with Crippen LogP contribution < -0.4 is 10.1 Å². The average Bonchev–Trinajstić information content (AvgIpc) is 2.54. The Morgan fingerprint density at radius 1 is 1.22 bits per heavy atom. The minimum atomic E-state index is -0.990. The molecule has 0 radical (unpaired) electrons. The van der Waals surface area contributed by atoms with Gasteiger partial charge in [-0.25, -0.2) is 8.78 Å². The summed E-state index contributed by atoms with van der Waals surface area (Å²) in [5.74, 6) is -1.29. The predicted molar refractivity (Wildman–Crippen MR) is 81.6 cm³/mol. The first-order chi connectivity index (χ1) is 11.0. The van der Waals surface area contributed by atoms with Crippen LogP contribution in [0, 0.1) is 11.6 Å². The van der Waals surface area contributed by atoms with Crippen molar-refractivity contribution in [3.05, 3.63) is 64.7 Å². The summed E-state index contributed by atoms with van der Waals surface area (Å²) in [6.07, 6.45) is -0.990. The first-order valence-corrected chi connectivity index (χ1v) is 7.14. The van der Waals surface area contributed by atoms with Crippen molar-refractivity contribution in [1.29, 1.82) is 0 Å². The highest BCUT2D eigenvalue weighted by Crippen LogP contribution is 2.19. The van der Waals surface area contributed by atoms with Crippen LogP contribution in [0.1, 0.15) is 10.4 Å². The summed E-state index contributed by atoms with van der Waals surface area (Å²) in [4.78, 5) is 11.9. The molecule has 0 aliphatic heterocycles. The minimum absolute atomic E-state index is 0.0154. The van der Waals surface area contributed by atoms with Crippen LogP contribution in [0.25, 0.3) is 0 Å². The number of carbonyl (C=O) groups excluding carboxylic acids is 1. The fourth-order valence-corrected chi connectivity index (χ4v) is 1.98. The van der Waals surface area contributed by atoms with E-state index in [0.29, 0.717) is 5.75 Å². The average molecular weight is 342 g/mol. The fraction of sp³-hybridized carbons (Fsp3) is 0.188. The van der Waals surface area contributed by atoms with Crippen molar-refractivity contribution in [1.82, 2.24) is 5.32 Å². The minimum Gasteiger partial charge on any atom is -0.491 e. The highest BCUT2D eigenvalue weighted by molar-refractivity contribution is 6.34. The molecule has 23 heavy (non-hydrogen) atoms. The third-order valence-electron chi connectivity index (χ3n) is 2.95. The SMILES string of the molecule is O=C(NCC(O)COc1ccc(F)cc1)c1cccc(F)c1Cl. The molecule has 0 aliphatic rings. The molecule has 2 rings (SSSR count). The lowest BCUT2D eigenvalue weighted by atomic mass is 10.2. The third kappa shape index (κ3) is 4.91. The second-order valence-corrected chi connectivity index (χ2v) is 5.11. The van der Waals surface area contributed by atoms with Gasteiger partial charge in [-0.15, -0.1) is 0 Å². The lowest BCUT2D eigenvalue weighted by Gasteiger charge is -2.13. The lowest BCUT2D eigenvalue weighted by molar-refractivity contribution is 0.0843. The monoisotopic (exact) mass is 341 g/mol. The van der Waals surface area contributed by atoms with E-state index in [2.05, 4.69) is 5.32 Å². The molecule has 122 valence electrons. The number of ether oxygens (including phenoxy) is 1. The lowest BCUT2D eigenvalue weighted by Crippen LogP contribution is -2.35. The highest BCUT2D eigenvalue weighted by atomic mass is 35.5. The molecule has 0 saturated heterocycles. The molecule has 0 bridgehead atoms. The molecule has 0 heterocycles. The number of hydrogen-bond acceptors (Lipinski definition) is 3. The van der Waals surface area contributed by atoms with Crippen molar-refractivity contribution in [2.75, 3.05) is 13.2 Å². The number of aliphatic hydroxyl groups is 1. The van der Waals surface area contributed by atoms with Crippen LogP contribution in [0.2, 0.25) is 5.02 Å². The number of hydrogen-bond donors (Lipinski definition) is 2. The van der Waals surface area contributed by atoms with Crippen LogP contribution in [0.5, 0.6) is 5.75 Å². The maximum Gasteiger partial charge on any atom is 0.252 e. The normalized spacial score (nSPS) is 11.8. The first-order valence-electron chi connectivity index (χ1n) is 6.76. The first kappa shape index (κ1) is 17.2. The van der Waals surface area contributed by atoms with Gasteiger partial charge in [0.2, 0.25) is 0 Å². The zero-order valence-electron chi connectivity index (χ0n) is 11.9. The fourth-order valence-electron chi connectivity index (χ4n) is 1.77. The van der Waals surface area contributed by atoms with E-state index in [1.54, 1.807) is 0 Å². The Bertz CT molecular complexity index is 680. The van der Waals surface area contributed by atoms with E-state index in [1.165, 1.54) is 36.4 Å². The molecule has 2 aromatic rings. The van der Waals surface area contributed by atoms with Crippen molar-refractivity contribution in [2.45, 2.75) is 6.10 Å². The summed E-state index contributed by atoms with van der Waals surface area (Å²) in [5, 5.41) is 11.9. The number of aliphatic hydroxyl groups excluding tert-OH is 1. The maximum atomic E-state index is 13.3. The number of halogens is 3. The number of rotatable bonds is 6. The second kappa shape index (κ2) is 7.89. The van der Waals surface area contributed by atoms with E-state index in [0.717, 1.165) is 6.07 Å². The zero-order chi connectivity index (χ0) is 16.8. The molecule has 0 aliphatic carbocycles. The van der Waals surface area contributed by atoms with Gasteiger partial charge in [-0.1, -0.05) is 17.7 Å². The van der Waals surface area contributed by atoms with Crippen molar-refractivity contribution in [3.8, 4) is 5.75 Å². The van der Waals surface area contributed by atoms with Crippen molar-refractivity contribution in [2.24, 2.45) is 0 Å². The van der Waals surface area contributed by atoms with Gasteiger partial charge in [0.1, 0.15) is 30.1 Å². The van der Waals surface area contributed by atoms with Crippen molar-refractivity contribution < 1.29 is 23.4 Å². The smallest absolute Gasteiger partial charge is 0.252 e. The molecule has 0 aromatic heterocycles. The molecule has 2 N–H and O–H groups in total. The molecule has 0 fully saturated rings. The predicted octanol–water partition coefficient (Wildman–Crippen LogP) is 2.79. The highest BCUT2D eigenvalue weighted by Gasteiger charge is 2.14. The van der Waals surface area contributed by atoms with Gasteiger partial charge in [0.25, 0.3) is 5.91 Å². The summed E-state index contributed by atoms with van der Waals surface area (Å²) in [7, 11) is 0. The van der Waals surface area contributed by atoms with Crippen LogP contribution in [0.15, 0.2) is 42.5 Å². The van der Waals surface area contributed by atoms with Gasteiger partial charge in [0, 0.05) is 6.54 Å². The zero-order valence-corrected chi connectivity index (χ0v) is 12.7. The standard InChI is InChI=1S/C16H14ClF2NO3/c17-15-13(2-1-3-14(15)19)16(22)20-8-11(21)9-23-12-6-4-10(18)5-7-12/h1-7,11,21H,8-9H2,(H,20,22). The van der Waals surface area contributed by atoms with Gasteiger partial charge in [0.05, 0.1) is 10.6 Å². The number of amides is 1. The molecular formula is C16H14ClF2NO3. The molecular weight excluding hydrogens is 328 g/mol. The Morgan fingerprint density at radius 3 is 2.61 bits per heavy atom. The molecule has 4 nitrogen and oxygen atoms in total. The van der Waals surface area contributed by atoms with Gasteiger partial charge in [-0.3, -0.25) is 4.79 Å². The Morgan fingerprint density at radius 2 is 1.91 bits per heavy atom. The topological polar surface area (TPSA) is 58.6 Å². The van der Waals surface area contributed by atoms with Crippen LogP contribution >= 0.6 is 11.6 Å². The largest absolute Gasteiger partial charge is 0.491 e. The Labute approximate surface area is 136 Å². The second-order valence-electron chi connectivity index (χ2n) is 4.73. The van der Waals surface area contributed by atoms with E-state index in [-0.39, 0.29) is 23.7 Å².